The zero-order valence-corrected chi connectivity index (χ0v) is 13.7. The largest absolute Gasteiger partial charge is 0.490 e. The highest BCUT2D eigenvalue weighted by atomic mass is 32.2. The third kappa shape index (κ3) is 4.23. The van der Waals surface area contributed by atoms with E-state index in [1.165, 1.54) is 0 Å². The van der Waals surface area contributed by atoms with Crippen molar-refractivity contribution in [2.45, 2.75) is 31.4 Å². The number of carbonyl (C=O) groups is 1. The number of sulfone groups is 1. The van der Waals surface area contributed by atoms with E-state index in [1.807, 2.05) is 6.07 Å². The van der Waals surface area contributed by atoms with E-state index in [9.17, 15) is 13.2 Å². The molecule has 6 nitrogen and oxygen atoms in total. The molecule has 2 aliphatic rings. The Hall–Kier alpha value is -1.60. The number of benzene rings is 1. The number of hydrogen-bond donors (Lipinski definition) is 1. The van der Waals surface area contributed by atoms with E-state index in [1.54, 1.807) is 18.2 Å². The Kier molecular flexibility index (Phi) is 4.87. The van der Waals surface area contributed by atoms with Crippen LogP contribution in [0.5, 0.6) is 5.75 Å². The molecule has 2 fully saturated rings. The van der Waals surface area contributed by atoms with E-state index in [-0.39, 0.29) is 29.6 Å². The maximum atomic E-state index is 12.4. The van der Waals surface area contributed by atoms with Crippen LogP contribution in [0.25, 0.3) is 0 Å². The van der Waals surface area contributed by atoms with Gasteiger partial charge in [0.05, 0.1) is 23.2 Å². The van der Waals surface area contributed by atoms with Crippen LogP contribution < -0.4 is 10.1 Å². The lowest BCUT2D eigenvalue weighted by atomic mass is 10.1. The van der Waals surface area contributed by atoms with Gasteiger partial charge in [-0.1, -0.05) is 12.1 Å². The number of amides is 1. The fourth-order valence-corrected chi connectivity index (χ4v) is 4.58. The highest BCUT2D eigenvalue weighted by Gasteiger charge is 2.29. The topological polar surface area (TPSA) is 81.7 Å². The monoisotopic (exact) mass is 339 g/mol. The van der Waals surface area contributed by atoms with E-state index in [0.717, 1.165) is 19.4 Å². The second kappa shape index (κ2) is 6.88. The second-order valence-corrected chi connectivity index (χ2v) is 8.24. The Morgan fingerprint density at radius 2 is 2.13 bits per heavy atom. The Labute approximate surface area is 136 Å². The van der Waals surface area contributed by atoms with Crippen molar-refractivity contribution in [1.82, 2.24) is 5.32 Å². The van der Waals surface area contributed by atoms with Crippen LogP contribution in [-0.4, -0.2) is 51.2 Å². The Bertz CT molecular complexity index is 667. The molecule has 1 aromatic carbocycles. The molecule has 0 radical (unpaired) electrons. The summed E-state index contributed by atoms with van der Waals surface area (Å²) in [5, 5.41) is 2.79. The van der Waals surface area contributed by atoms with Crippen LogP contribution in [0.1, 0.15) is 29.6 Å². The van der Waals surface area contributed by atoms with Crippen LogP contribution in [0, 0.1) is 0 Å². The minimum Gasteiger partial charge on any atom is -0.490 e. The van der Waals surface area contributed by atoms with Gasteiger partial charge in [0.1, 0.15) is 12.4 Å². The van der Waals surface area contributed by atoms with Gasteiger partial charge in [0.2, 0.25) is 0 Å². The van der Waals surface area contributed by atoms with Crippen molar-refractivity contribution in [1.29, 1.82) is 0 Å². The molecule has 0 bridgehead atoms. The molecule has 1 N–H and O–H groups in total. The number of ether oxygens (including phenoxy) is 2. The zero-order valence-electron chi connectivity index (χ0n) is 12.9. The highest BCUT2D eigenvalue weighted by molar-refractivity contribution is 7.91. The van der Waals surface area contributed by atoms with Crippen LogP contribution in [0.4, 0.5) is 0 Å². The lowest BCUT2D eigenvalue weighted by Crippen LogP contribution is -2.35. The Balaban J connectivity index is 1.63. The fourth-order valence-electron chi connectivity index (χ4n) is 2.91. The van der Waals surface area contributed by atoms with Gasteiger partial charge in [-0.25, -0.2) is 8.42 Å². The van der Waals surface area contributed by atoms with Crippen molar-refractivity contribution < 1.29 is 22.7 Å². The minimum atomic E-state index is -3.02. The Morgan fingerprint density at radius 1 is 1.30 bits per heavy atom. The van der Waals surface area contributed by atoms with E-state index in [4.69, 9.17) is 9.47 Å². The second-order valence-electron chi connectivity index (χ2n) is 6.02. The molecule has 0 aromatic heterocycles. The summed E-state index contributed by atoms with van der Waals surface area (Å²) >= 11 is 0. The average Bonchev–Trinajstić information content (AvgIpc) is 3.15. The maximum absolute atomic E-state index is 12.4. The number of carbonyl (C=O) groups excluding carboxylic acids is 1. The summed E-state index contributed by atoms with van der Waals surface area (Å²) < 4.78 is 34.2. The predicted molar refractivity (Wildman–Crippen MR) is 85.4 cm³/mol. The molecule has 1 amide bonds. The van der Waals surface area contributed by atoms with Gasteiger partial charge in [-0.3, -0.25) is 4.79 Å². The number of para-hydroxylation sites is 1. The maximum Gasteiger partial charge on any atom is 0.255 e. The molecule has 2 atom stereocenters. The summed E-state index contributed by atoms with van der Waals surface area (Å²) in [7, 11) is -3.02. The third-order valence-electron chi connectivity index (χ3n) is 4.15. The van der Waals surface area contributed by atoms with E-state index < -0.39 is 9.84 Å². The molecule has 1 aromatic rings. The van der Waals surface area contributed by atoms with Gasteiger partial charge < -0.3 is 14.8 Å². The predicted octanol–water partition coefficient (Wildman–Crippen LogP) is 1.16. The van der Waals surface area contributed by atoms with Crippen LogP contribution in [0.15, 0.2) is 24.3 Å². The number of nitrogens with one attached hydrogen (secondary N) is 1. The van der Waals surface area contributed by atoms with Crippen LogP contribution in [0.3, 0.4) is 0 Å². The standard InChI is InChI=1S/C16H21NO5S/c18-16(17-12-7-9-23(19,20)11-12)14-5-1-2-6-15(14)22-10-13-4-3-8-21-13/h1-2,5-6,12-13H,3-4,7-11H2,(H,17,18). The first-order valence-electron chi connectivity index (χ1n) is 7.88. The first-order valence-corrected chi connectivity index (χ1v) is 9.70. The average molecular weight is 339 g/mol. The van der Waals surface area contributed by atoms with Crippen molar-refractivity contribution in [2.75, 3.05) is 24.7 Å². The van der Waals surface area contributed by atoms with Crippen molar-refractivity contribution in [3.63, 3.8) is 0 Å². The smallest absolute Gasteiger partial charge is 0.255 e. The van der Waals surface area contributed by atoms with Crippen molar-refractivity contribution in [3.8, 4) is 5.75 Å². The minimum absolute atomic E-state index is 0.0116. The molecular formula is C16H21NO5S. The molecular weight excluding hydrogens is 318 g/mol. The summed E-state index contributed by atoms with van der Waals surface area (Å²) in [6, 6.07) is 6.68. The van der Waals surface area contributed by atoms with Gasteiger partial charge in [0.25, 0.3) is 5.91 Å². The molecule has 0 saturated carbocycles. The van der Waals surface area contributed by atoms with E-state index >= 15 is 0 Å². The SMILES string of the molecule is O=C(NC1CCS(=O)(=O)C1)c1ccccc1OCC1CCCO1. The van der Waals surface area contributed by atoms with Gasteiger partial charge in [-0.2, -0.15) is 0 Å². The van der Waals surface area contributed by atoms with Crippen LogP contribution in [0.2, 0.25) is 0 Å². The Morgan fingerprint density at radius 3 is 2.83 bits per heavy atom. The van der Waals surface area contributed by atoms with Gasteiger partial charge >= 0.3 is 0 Å². The van der Waals surface area contributed by atoms with Gasteiger partial charge in [-0.05, 0) is 31.4 Å². The first kappa shape index (κ1) is 16.3. The third-order valence-corrected chi connectivity index (χ3v) is 5.92. The number of hydrogen-bond acceptors (Lipinski definition) is 5. The van der Waals surface area contributed by atoms with E-state index in [2.05, 4.69) is 5.32 Å². The number of rotatable bonds is 5. The van der Waals surface area contributed by atoms with Crippen molar-refractivity contribution >= 4 is 15.7 Å². The molecule has 2 aliphatic heterocycles. The summed E-state index contributed by atoms with van der Waals surface area (Å²) in [4.78, 5) is 12.4. The lowest BCUT2D eigenvalue weighted by Gasteiger charge is -2.16. The highest BCUT2D eigenvalue weighted by Crippen LogP contribution is 2.21. The molecule has 2 unspecified atom stereocenters. The summed E-state index contributed by atoms with van der Waals surface area (Å²) in [6.07, 6.45) is 2.54. The van der Waals surface area contributed by atoms with Gasteiger partial charge in [-0.15, -0.1) is 0 Å². The van der Waals surface area contributed by atoms with Crippen LogP contribution >= 0.6 is 0 Å². The van der Waals surface area contributed by atoms with Gasteiger partial charge in [0, 0.05) is 12.6 Å². The molecule has 0 spiro atoms. The fraction of sp³-hybridized carbons (Fsp3) is 0.562. The summed E-state index contributed by atoms with van der Waals surface area (Å²) in [5.41, 5.74) is 0.426. The van der Waals surface area contributed by atoms with E-state index in [0.29, 0.717) is 24.3 Å². The molecule has 0 aliphatic carbocycles. The zero-order chi connectivity index (χ0) is 16.3. The molecule has 2 saturated heterocycles. The van der Waals surface area contributed by atoms with Crippen molar-refractivity contribution in [2.24, 2.45) is 0 Å². The molecule has 23 heavy (non-hydrogen) atoms. The quantitative estimate of drug-likeness (QED) is 0.871. The molecule has 3 rings (SSSR count). The lowest BCUT2D eigenvalue weighted by molar-refractivity contribution is 0.0670. The van der Waals surface area contributed by atoms with Crippen LogP contribution in [-0.2, 0) is 14.6 Å². The van der Waals surface area contributed by atoms with Gasteiger partial charge in [0.15, 0.2) is 9.84 Å². The molecule has 2 heterocycles. The summed E-state index contributed by atoms with van der Waals surface area (Å²) in [5.74, 6) is 0.351. The van der Waals surface area contributed by atoms with Crippen molar-refractivity contribution in [3.05, 3.63) is 29.8 Å². The molecule has 126 valence electrons. The first-order chi connectivity index (χ1) is 11.0. The normalized spacial score (nSPS) is 26.1. The molecule has 7 heteroatoms. The summed E-state index contributed by atoms with van der Waals surface area (Å²) in [6.45, 7) is 1.18.